The number of nitrogens with one attached hydrogen (secondary N) is 1. The number of carbonyl (C=O) groups excluding carboxylic acids is 2. The van der Waals surface area contributed by atoms with E-state index in [1.165, 1.54) is 18.3 Å². The lowest BCUT2D eigenvalue weighted by molar-refractivity contribution is -0.119. The maximum atomic E-state index is 12.6. The average molecular weight is 329 g/mol. The van der Waals surface area contributed by atoms with Gasteiger partial charge in [-0.05, 0) is 36.4 Å². The van der Waals surface area contributed by atoms with E-state index in [0.29, 0.717) is 6.54 Å². The topological polar surface area (TPSA) is 62.3 Å². The Morgan fingerprint density at radius 1 is 1.39 bits per heavy atom. The zero-order chi connectivity index (χ0) is 16.2. The fraction of sp³-hybridized carbons (Fsp3) is 0.353. The Balaban J connectivity index is 1.78. The monoisotopic (exact) mass is 329 g/mol. The minimum Gasteiger partial charge on any atom is -0.351 e. The summed E-state index contributed by atoms with van der Waals surface area (Å²) in [6.45, 7) is 2.66. The van der Waals surface area contributed by atoms with E-state index in [1.54, 1.807) is 0 Å². The molecule has 6 heteroatoms. The van der Waals surface area contributed by atoms with Crippen molar-refractivity contribution in [1.29, 1.82) is 0 Å². The predicted molar refractivity (Wildman–Crippen MR) is 89.1 cm³/mol. The van der Waals surface area contributed by atoms with Gasteiger partial charge in [0.25, 0.3) is 5.91 Å². The summed E-state index contributed by atoms with van der Waals surface area (Å²) in [5.41, 5.74) is 2.46. The van der Waals surface area contributed by atoms with Crippen LogP contribution in [0.4, 0.5) is 0 Å². The van der Waals surface area contributed by atoms with Gasteiger partial charge in [0.05, 0.1) is 29.5 Å². The first kappa shape index (κ1) is 15.7. The van der Waals surface area contributed by atoms with Gasteiger partial charge >= 0.3 is 0 Å². The highest BCUT2D eigenvalue weighted by Gasteiger charge is 2.31. The second kappa shape index (κ2) is 6.91. The molecule has 0 spiro atoms. The summed E-state index contributed by atoms with van der Waals surface area (Å²) in [6, 6.07) is 7.66. The van der Waals surface area contributed by atoms with Crippen LogP contribution in [0, 0.1) is 0 Å². The number of hydrogen-bond acceptors (Lipinski definition) is 4. The van der Waals surface area contributed by atoms with E-state index in [4.69, 9.17) is 0 Å². The second-order valence-corrected chi connectivity index (χ2v) is 6.41. The van der Waals surface area contributed by atoms with E-state index in [2.05, 4.69) is 10.3 Å². The van der Waals surface area contributed by atoms with Gasteiger partial charge in [-0.3, -0.25) is 14.6 Å². The van der Waals surface area contributed by atoms with Crippen LogP contribution in [0.1, 0.15) is 47.6 Å². The Kier molecular flexibility index (Phi) is 4.71. The maximum absolute atomic E-state index is 12.6. The Labute approximate surface area is 139 Å². The Hall–Kier alpha value is -2.21. The summed E-state index contributed by atoms with van der Waals surface area (Å²) in [5.74, 6) is -0.00449. The van der Waals surface area contributed by atoms with Crippen molar-refractivity contribution < 1.29 is 9.59 Å². The van der Waals surface area contributed by atoms with Crippen LogP contribution in [0.3, 0.4) is 0 Å². The van der Waals surface area contributed by atoms with Gasteiger partial charge in [-0.15, -0.1) is 0 Å². The third-order valence-corrected chi connectivity index (χ3v) is 4.65. The van der Waals surface area contributed by atoms with Crippen molar-refractivity contribution >= 4 is 23.2 Å². The van der Waals surface area contributed by atoms with E-state index in [-0.39, 0.29) is 17.9 Å². The molecule has 2 aromatic rings. The van der Waals surface area contributed by atoms with Crippen LogP contribution in [-0.2, 0) is 11.3 Å². The van der Waals surface area contributed by atoms with Gasteiger partial charge in [0.15, 0.2) is 0 Å². The number of likely N-dealkylation sites (tertiary alicyclic amines) is 1. The fourth-order valence-corrected chi connectivity index (χ4v) is 3.50. The van der Waals surface area contributed by atoms with Crippen molar-refractivity contribution in [1.82, 2.24) is 15.2 Å². The standard InChI is InChI=1S/C17H19N3O2S/c1-12(21)18-10-14-4-2-5-15(19-14)16-6-3-8-20(16)17(22)13-7-9-23-11-13/h2,4-5,7,9,11,16H,3,6,8,10H2,1H3,(H,18,21). The lowest BCUT2D eigenvalue weighted by Gasteiger charge is -2.24. The number of hydrogen-bond donors (Lipinski definition) is 1. The fourth-order valence-electron chi connectivity index (χ4n) is 2.87. The first-order valence-corrected chi connectivity index (χ1v) is 8.63. The molecule has 3 rings (SSSR count). The molecule has 0 saturated carbocycles. The summed E-state index contributed by atoms with van der Waals surface area (Å²) >= 11 is 1.53. The molecule has 0 aromatic carbocycles. The average Bonchev–Trinajstić information content (AvgIpc) is 3.23. The molecule has 1 fully saturated rings. The Morgan fingerprint density at radius 2 is 2.26 bits per heavy atom. The van der Waals surface area contributed by atoms with Crippen LogP contribution in [0.2, 0.25) is 0 Å². The summed E-state index contributed by atoms with van der Waals surface area (Å²) in [7, 11) is 0. The van der Waals surface area contributed by atoms with Crippen molar-refractivity contribution in [2.75, 3.05) is 6.54 Å². The molecular formula is C17H19N3O2S. The zero-order valence-electron chi connectivity index (χ0n) is 13.0. The Bertz CT molecular complexity index is 700. The molecular weight excluding hydrogens is 310 g/mol. The molecule has 0 aliphatic carbocycles. The molecule has 0 bridgehead atoms. The SMILES string of the molecule is CC(=O)NCc1cccc(C2CCCN2C(=O)c2ccsc2)n1. The molecule has 5 nitrogen and oxygen atoms in total. The second-order valence-electron chi connectivity index (χ2n) is 5.63. The van der Waals surface area contributed by atoms with Crippen molar-refractivity contribution in [3.05, 3.63) is 52.0 Å². The molecule has 1 saturated heterocycles. The van der Waals surface area contributed by atoms with Gasteiger partial charge in [0.1, 0.15) is 0 Å². The van der Waals surface area contributed by atoms with Crippen molar-refractivity contribution in [2.24, 2.45) is 0 Å². The summed E-state index contributed by atoms with van der Waals surface area (Å²) in [4.78, 5) is 30.2. The van der Waals surface area contributed by atoms with Crippen molar-refractivity contribution in [3.63, 3.8) is 0 Å². The highest BCUT2D eigenvalue weighted by molar-refractivity contribution is 7.08. The maximum Gasteiger partial charge on any atom is 0.255 e. The van der Waals surface area contributed by atoms with Crippen LogP contribution in [0.15, 0.2) is 35.0 Å². The van der Waals surface area contributed by atoms with Gasteiger partial charge in [-0.2, -0.15) is 11.3 Å². The number of pyridine rings is 1. The van der Waals surface area contributed by atoms with E-state index in [0.717, 1.165) is 36.3 Å². The van der Waals surface area contributed by atoms with Gasteiger partial charge in [-0.1, -0.05) is 6.07 Å². The molecule has 1 aliphatic heterocycles. The summed E-state index contributed by atoms with van der Waals surface area (Å²) in [5, 5.41) is 6.56. The number of aromatic nitrogens is 1. The van der Waals surface area contributed by atoms with Crippen LogP contribution < -0.4 is 5.32 Å². The lowest BCUT2D eigenvalue weighted by Crippen LogP contribution is -2.31. The number of nitrogens with zero attached hydrogens (tertiary/aromatic N) is 2. The smallest absolute Gasteiger partial charge is 0.255 e. The number of carbonyl (C=O) groups is 2. The lowest BCUT2D eigenvalue weighted by atomic mass is 10.1. The first-order valence-electron chi connectivity index (χ1n) is 7.68. The van der Waals surface area contributed by atoms with Crippen molar-refractivity contribution in [2.45, 2.75) is 32.4 Å². The normalized spacial score (nSPS) is 17.3. The van der Waals surface area contributed by atoms with Gasteiger partial charge in [0.2, 0.25) is 5.91 Å². The van der Waals surface area contributed by atoms with E-state index in [9.17, 15) is 9.59 Å². The molecule has 3 heterocycles. The summed E-state index contributed by atoms with van der Waals surface area (Å²) in [6.07, 6.45) is 1.91. The van der Waals surface area contributed by atoms with Crippen LogP contribution >= 0.6 is 11.3 Å². The molecule has 2 aromatic heterocycles. The molecule has 0 radical (unpaired) electrons. The van der Waals surface area contributed by atoms with E-state index < -0.39 is 0 Å². The third-order valence-electron chi connectivity index (χ3n) is 3.97. The zero-order valence-corrected chi connectivity index (χ0v) is 13.8. The number of amides is 2. The van der Waals surface area contributed by atoms with Gasteiger partial charge in [0, 0.05) is 18.8 Å². The highest BCUT2D eigenvalue weighted by atomic mass is 32.1. The van der Waals surface area contributed by atoms with Gasteiger partial charge in [-0.25, -0.2) is 0 Å². The van der Waals surface area contributed by atoms with E-state index >= 15 is 0 Å². The van der Waals surface area contributed by atoms with Gasteiger partial charge < -0.3 is 10.2 Å². The predicted octanol–water partition coefficient (Wildman–Crippen LogP) is 2.76. The molecule has 1 atom stereocenters. The minimum absolute atomic E-state index is 0.0136. The minimum atomic E-state index is -0.0765. The van der Waals surface area contributed by atoms with Crippen LogP contribution in [0.25, 0.3) is 0 Å². The van der Waals surface area contributed by atoms with Crippen molar-refractivity contribution in [3.8, 4) is 0 Å². The molecule has 23 heavy (non-hydrogen) atoms. The van der Waals surface area contributed by atoms with E-state index in [1.807, 2.05) is 39.9 Å². The largest absolute Gasteiger partial charge is 0.351 e. The molecule has 1 unspecified atom stereocenters. The molecule has 1 aliphatic rings. The molecule has 2 amide bonds. The van der Waals surface area contributed by atoms with Crippen LogP contribution in [-0.4, -0.2) is 28.2 Å². The quantitative estimate of drug-likeness (QED) is 0.938. The Morgan fingerprint density at radius 3 is 3.00 bits per heavy atom. The summed E-state index contributed by atoms with van der Waals surface area (Å²) < 4.78 is 0. The number of thiophene rings is 1. The molecule has 1 N–H and O–H groups in total. The molecule has 120 valence electrons. The third kappa shape index (κ3) is 3.59. The van der Waals surface area contributed by atoms with Crippen LogP contribution in [0.5, 0.6) is 0 Å². The first-order chi connectivity index (χ1) is 11.1. The highest BCUT2D eigenvalue weighted by Crippen LogP contribution is 2.32. The number of rotatable bonds is 4.